The SMILES string of the molecule is CNCCCS(=O)(=O)NCCN(C(C)C)C(C)C. The third-order valence-corrected chi connectivity index (χ3v) is 4.33. The maximum Gasteiger partial charge on any atom is 0.211 e. The molecule has 5 nitrogen and oxygen atoms in total. The van der Waals surface area contributed by atoms with E-state index in [1.54, 1.807) is 0 Å². The first-order valence-corrected chi connectivity index (χ1v) is 8.33. The minimum absolute atomic E-state index is 0.192. The van der Waals surface area contributed by atoms with Gasteiger partial charge < -0.3 is 5.32 Å². The zero-order valence-corrected chi connectivity index (χ0v) is 13.2. The van der Waals surface area contributed by atoms with Crippen LogP contribution in [0.1, 0.15) is 34.1 Å². The number of sulfonamides is 1. The highest BCUT2D eigenvalue weighted by Gasteiger charge is 2.14. The normalized spacial score (nSPS) is 12.9. The number of nitrogens with one attached hydrogen (secondary N) is 2. The van der Waals surface area contributed by atoms with Crippen LogP contribution < -0.4 is 10.0 Å². The molecular weight excluding hydrogens is 250 g/mol. The van der Waals surface area contributed by atoms with E-state index in [0.717, 1.165) is 13.1 Å². The van der Waals surface area contributed by atoms with Crippen molar-refractivity contribution in [2.45, 2.75) is 46.2 Å². The van der Waals surface area contributed by atoms with E-state index in [9.17, 15) is 8.42 Å². The van der Waals surface area contributed by atoms with Crippen LogP contribution in [0.3, 0.4) is 0 Å². The van der Waals surface area contributed by atoms with Gasteiger partial charge in [-0.1, -0.05) is 0 Å². The fourth-order valence-corrected chi connectivity index (χ4v) is 3.03. The zero-order valence-electron chi connectivity index (χ0n) is 12.4. The van der Waals surface area contributed by atoms with Crippen LogP contribution in [0.25, 0.3) is 0 Å². The van der Waals surface area contributed by atoms with E-state index >= 15 is 0 Å². The number of nitrogens with zero attached hydrogens (tertiary/aromatic N) is 1. The molecule has 0 radical (unpaired) electrons. The summed E-state index contributed by atoms with van der Waals surface area (Å²) in [4.78, 5) is 2.27. The van der Waals surface area contributed by atoms with Gasteiger partial charge in [-0.05, 0) is 47.7 Å². The first-order chi connectivity index (χ1) is 8.30. The van der Waals surface area contributed by atoms with E-state index in [1.165, 1.54) is 0 Å². The Kier molecular flexibility index (Phi) is 8.77. The molecule has 0 spiro atoms. The molecule has 0 aliphatic carbocycles. The Morgan fingerprint density at radius 1 is 1.06 bits per heavy atom. The average molecular weight is 279 g/mol. The second-order valence-electron chi connectivity index (χ2n) is 5.10. The van der Waals surface area contributed by atoms with Crippen molar-refractivity contribution in [3.8, 4) is 0 Å². The predicted octanol–water partition coefficient (Wildman–Crippen LogP) is 0.634. The molecule has 0 unspecified atom stereocenters. The molecule has 0 fully saturated rings. The van der Waals surface area contributed by atoms with Crippen molar-refractivity contribution in [2.24, 2.45) is 0 Å². The van der Waals surface area contributed by atoms with Crippen LogP contribution in [-0.2, 0) is 10.0 Å². The maximum atomic E-state index is 11.7. The Balaban J connectivity index is 4.01. The van der Waals surface area contributed by atoms with Crippen LogP contribution >= 0.6 is 0 Å². The molecule has 0 aromatic heterocycles. The summed E-state index contributed by atoms with van der Waals surface area (Å²) in [5.74, 6) is 0.192. The summed E-state index contributed by atoms with van der Waals surface area (Å²) >= 11 is 0. The van der Waals surface area contributed by atoms with Gasteiger partial charge >= 0.3 is 0 Å². The Hall–Kier alpha value is -0.170. The Morgan fingerprint density at radius 2 is 1.61 bits per heavy atom. The number of hydrogen-bond donors (Lipinski definition) is 2. The Morgan fingerprint density at radius 3 is 2.06 bits per heavy atom. The highest BCUT2D eigenvalue weighted by Crippen LogP contribution is 2.03. The summed E-state index contributed by atoms with van der Waals surface area (Å²) in [5.41, 5.74) is 0. The standard InChI is InChI=1S/C12H29N3O2S/c1-11(2)15(12(3)4)9-8-14-18(16,17)10-6-7-13-5/h11-14H,6-10H2,1-5H3. The maximum absolute atomic E-state index is 11.7. The fraction of sp³-hybridized carbons (Fsp3) is 1.00. The van der Waals surface area contributed by atoms with Gasteiger partial charge in [-0.2, -0.15) is 0 Å². The molecule has 0 saturated carbocycles. The summed E-state index contributed by atoms with van der Waals surface area (Å²) in [6, 6.07) is 0.859. The van der Waals surface area contributed by atoms with Gasteiger partial charge in [0.15, 0.2) is 0 Å². The Bertz CT molecular complexity index is 294. The van der Waals surface area contributed by atoms with Gasteiger partial charge in [0.25, 0.3) is 0 Å². The highest BCUT2D eigenvalue weighted by atomic mass is 32.2. The van der Waals surface area contributed by atoms with Gasteiger partial charge in [0.2, 0.25) is 10.0 Å². The summed E-state index contributed by atoms with van der Waals surface area (Å²) in [5, 5.41) is 2.94. The van der Waals surface area contributed by atoms with Crippen molar-refractivity contribution < 1.29 is 8.42 Å². The largest absolute Gasteiger partial charge is 0.320 e. The lowest BCUT2D eigenvalue weighted by Gasteiger charge is -2.30. The first-order valence-electron chi connectivity index (χ1n) is 6.68. The van der Waals surface area contributed by atoms with Gasteiger partial charge in [-0.25, -0.2) is 13.1 Å². The molecule has 0 rings (SSSR count). The highest BCUT2D eigenvalue weighted by molar-refractivity contribution is 7.89. The second-order valence-corrected chi connectivity index (χ2v) is 7.02. The molecule has 0 aliphatic heterocycles. The monoisotopic (exact) mass is 279 g/mol. The predicted molar refractivity (Wildman–Crippen MR) is 77.3 cm³/mol. The molecule has 2 N–H and O–H groups in total. The van der Waals surface area contributed by atoms with Crippen LogP contribution in [0.5, 0.6) is 0 Å². The second kappa shape index (κ2) is 8.85. The van der Waals surface area contributed by atoms with E-state index in [4.69, 9.17) is 0 Å². The molecule has 0 aromatic carbocycles. The van der Waals surface area contributed by atoms with Crippen LogP contribution in [0.15, 0.2) is 0 Å². The van der Waals surface area contributed by atoms with E-state index in [2.05, 4.69) is 42.6 Å². The van der Waals surface area contributed by atoms with Crippen molar-refractivity contribution in [3.63, 3.8) is 0 Å². The van der Waals surface area contributed by atoms with Gasteiger partial charge in [-0.15, -0.1) is 0 Å². The molecule has 110 valence electrons. The van der Waals surface area contributed by atoms with Crippen LogP contribution in [-0.4, -0.2) is 57.8 Å². The fourth-order valence-electron chi connectivity index (χ4n) is 1.95. The first kappa shape index (κ1) is 17.8. The topological polar surface area (TPSA) is 61.4 Å². The van der Waals surface area contributed by atoms with E-state index in [1.807, 2.05) is 7.05 Å². The third kappa shape index (κ3) is 8.02. The average Bonchev–Trinajstić information content (AvgIpc) is 2.23. The van der Waals surface area contributed by atoms with Gasteiger partial charge in [0.05, 0.1) is 5.75 Å². The van der Waals surface area contributed by atoms with Crippen molar-refractivity contribution >= 4 is 10.0 Å². The van der Waals surface area contributed by atoms with Crippen LogP contribution in [0.2, 0.25) is 0 Å². The third-order valence-electron chi connectivity index (χ3n) is 2.86. The van der Waals surface area contributed by atoms with Crippen molar-refractivity contribution in [2.75, 3.05) is 32.4 Å². The van der Waals surface area contributed by atoms with E-state index < -0.39 is 10.0 Å². The minimum Gasteiger partial charge on any atom is -0.320 e. The molecule has 0 atom stereocenters. The lowest BCUT2D eigenvalue weighted by Crippen LogP contribution is -2.42. The smallest absolute Gasteiger partial charge is 0.211 e. The number of rotatable bonds is 10. The number of hydrogen-bond acceptors (Lipinski definition) is 4. The molecule has 0 saturated heterocycles. The zero-order chi connectivity index (χ0) is 14.2. The molecule has 0 amide bonds. The summed E-state index contributed by atoms with van der Waals surface area (Å²) < 4.78 is 26.0. The van der Waals surface area contributed by atoms with Gasteiger partial charge in [0, 0.05) is 25.2 Å². The summed E-state index contributed by atoms with van der Waals surface area (Å²) in [6.45, 7) is 10.5. The minimum atomic E-state index is -3.12. The Labute approximate surface area is 112 Å². The van der Waals surface area contributed by atoms with E-state index in [0.29, 0.717) is 25.0 Å². The summed E-state index contributed by atoms with van der Waals surface area (Å²) in [6.07, 6.45) is 0.643. The van der Waals surface area contributed by atoms with Crippen molar-refractivity contribution in [1.29, 1.82) is 0 Å². The molecule has 0 aliphatic rings. The lowest BCUT2D eigenvalue weighted by atomic mass is 10.2. The molecule has 0 bridgehead atoms. The summed E-state index contributed by atoms with van der Waals surface area (Å²) in [7, 11) is -1.29. The van der Waals surface area contributed by atoms with Crippen LogP contribution in [0.4, 0.5) is 0 Å². The van der Waals surface area contributed by atoms with Gasteiger partial charge in [-0.3, -0.25) is 4.90 Å². The molecule has 6 heteroatoms. The lowest BCUT2D eigenvalue weighted by molar-refractivity contribution is 0.179. The quantitative estimate of drug-likeness (QED) is 0.576. The van der Waals surface area contributed by atoms with Crippen molar-refractivity contribution in [1.82, 2.24) is 14.9 Å². The molecular formula is C12H29N3O2S. The van der Waals surface area contributed by atoms with Gasteiger partial charge in [0.1, 0.15) is 0 Å². The molecule has 18 heavy (non-hydrogen) atoms. The van der Waals surface area contributed by atoms with E-state index in [-0.39, 0.29) is 5.75 Å². The van der Waals surface area contributed by atoms with Crippen LogP contribution in [0, 0.1) is 0 Å². The molecule has 0 heterocycles. The van der Waals surface area contributed by atoms with Crippen molar-refractivity contribution in [3.05, 3.63) is 0 Å². The molecule has 0 aromatic rings.